The summed E-state index contributed by atoms with van der Waals surface area (Å²) < 4.78 is 22.5. The van der Waals surface area contributed by atoms with Gasteiger partial charge in [-0.05, 0) is 24.1 Å². The van der Waals surface area contributed by atoms with Crippen molar-refractivity contribution in [1.29, 1.82) is 0 Å². The molecule has 112 valence electrons. The molecule has 9 nitrogen and oxygen atoms in total. The molecule has 0 amide bonds. The molecular weight excluding hydrogens is 296 g/mol. The SMILES string of the molecule is B[C@H]1C[C@@H](N=[N+]=[N-])[C@@H](COP(=O)(O)Nc2ccncc2)O1. The first-order valence-corrected chi connectivity index (χ1v) is 7.93. The molecule has 1 aromatic heterocycles. The number of hydrogen-bond acceptors (Lipinski definition) is 5. The van der Waals surface area contributed by atoms with Crippen LogP contribution in [0.5, 0.6) is 0 Å². The van der Waals surface area contributed by atoms with Gasteiger partial charge in [0.05, 0.1) is 18.8 Å². The standard InChI is InChI=1S/C10H15BN5O4P/c11-10-5-8(14-16-12)9(20-10)6-19-21(17,18)15-7-1-3-13-4-2-7/h1-4,8-10H,5-6,11H2,(H2,13,15,17,18)/t8-,9-,10-/m1/s1. The molecule has 21 heavy (non-hydrogen) atoms. The Labute approximate surface area is 122 Å². The van der Waals surface area contributed by atoms with Gasteiger partial charge in [0.1, 0.15) is 7.85 Å². The van der Waals surface area contributed by atoms with Gasteiger partial charge in [0.15, 0.2) is 0 Å². The van der Waals surface area contributed by atoms with E-state index in [-0.39, 0.29) is 12.6 Å². The van der Waals surface area contributed by atoms with Gasteiger partial charge < -0.3 is 9.63 Å². The predicted molar refractivity (Wildman–Crippen MR) is 78.4 cm³/mol. The third kappa shape index (κ3) is 4.73. The van der Waals surface area contributed by atoms with Crippen molar-refractivity contribution < 1.29 is 18.7 Å². The zero-order chi connectivity index (χ0) is 15.3. The Balaban J connectivity index is 1.92. The lowest BCUT2D eigenvalue weighted by atomic mass is 9.95. The zero-order valence-electron chi connectivity index (χ0n) is 11.4. The summed E-state index contributed by atoms with van der Waals surface area (Å²) in [6.07, 6.45) is 3.00. The molecule has 0 bridgehead atoms. The molecule has 1 aromatic rings. The number of pyridine rings is 1. The van der Waals surface area contributed by atoms with Crippen molar-refractivity contribution in [1.82, 2.24) is 4.98 Å². The fourth-order valence-corrected chi connectivity index (χ4v) is 2.96. The van der Waals surface area contributed by atoms with E-state index in [0.29, 0.717) is 12.1 Å². The Kier molecular flexibility index (Phi) is 5.22. The molecule has 0 saturated carbocycles. The Morgan fingerprint density at radius 2 is 2.38 bits per heavy atom. The number of ether oxygens (including phenoxy) is 1. The highest BCUT2D eigenvalue weighted by Crippen LogP contribution is 2.42. The van der Waals surface area contributed by atoms with Crippen LogP contribution in [0, 0.1) is 0 Å². The van der Waals surface area contributed by atoms with Crippen molar-refractivity contribution >= 4 is 21.3 Å². The van der Waals surface area contributed by atoms with Crippen LogP contribution in [0.1, 0.15) is 6.42 Å². The van der Waals surface area contributed by atoms with Crippen LogP contribution in [0.15, 0.2) is 29.6 Å². The number of aromatic nitrogens is 1. The van der Waals surface area contributed by atoms with Crippen molar-refractivity contribution in [2.24, 2.45) is 5.11 Å². The van der Waals surface area contributed by atoms with Crippen molar-refractivity contribution in [3.63, 3.8) is 0 Å². The van der Waals surface area contributed by atoms with Gasteiger partial charge in [0.2, 0.25) is 0 Å². The monoisotopic (exact) mass is 311 g/mol. The van der Waals surface area contributed by atoms with Crippen LogP contribution < -0.4 is 5.09 Å². The smallest absolute Gasteiger partial charge is 0.381 e. The quantitative estimate of drug-likeness (QED) is 0.265. The fourth-order valence-electron chi connectivity index (χ4n) is 2.07. The normalized spacial score (nSPS) is 27.6. The molecule has 11 heteroatoms. The minimum Gasteiger partial charge on any atom is -0.381 e. The van der Waals surface area contributed by atoms with E-state index in [9.17, 15) is 9.46 Å². The Morgan fingerprint density at radius 3 is 3.05 bits per heavy atom. The maximum Gasteiger partial charge on any atom is 0.430 e. The van der Waals surface area contributed by atoms with E-state index in [1.54, 1.807) is 12.1 Å². The highest BCUT2D eigenvalue weighted by Gasteiger charge is 2.34. The van der Waals surface area contributed by atoms with Gasteiger partial charge in [0, 0.05) is 29.0 Å². The van der Waals surface area contributed by atoms with Gasteiger partial charge >= 0.3 is 7.75 Å². The van der Waals surface area contributed by atoms with Crippen molar-refractivity contribution in [2.75, 3.05) is 11.7 Å². The summed E-state index contributed by atoms with van der Waals surface area (Å²) in [5.41, 5.74) is 8.91. The average molecular weight is 311 g/mol. The molecule has 1 unspecified atom stereocenters. The third-order valence-corrected chi connectivity index (χ3v) is 4.01. The van der Waals surface area contributed by atoms with E-state index in [1.165, 1.54) is 12.4 Å². The second-order valence-corrected chi connectivity index (χ2v) is 6.18. The van der Waals surface area contributed by atoms with Crippen LogP contribution in [0.3, 0.4) is 0 Å². The zero-order valence-corrected chi connectivity index (χ0v) is 12.3. The highest BCUT2D eigenvalue weighted by atomic mass is 31.2. The topological polar surface area (TPSA) is 129 Å². The Bertz CT molecular complexity index is 570. The highest BCUT2D eigenvalue weighted by molar-refractivity contribution is 7.54. The third-order valence-electron chi connectivity index (χ3n) is 2.97. The van der Waals surface area contributed by atoms with Crippen LogP contribution in [0.25, 0.3) is 10.4 Å². The molecule has 1 fully saturated rings. The first-order chi connectivity index (χ1) is 10.00. The summed E-state index contributed by atoms with van der Waals surface area (Å²) >= 11 is 0. The molecular formula is C10H15BN5O4P. The molecule has 0 aliphatic carbocycles. The molecule has 2 rings (SSSR count). The first kappa shape index (κ1) is 15.8. The number of nitrogens with zero attached hydrogens (tertiary/aromatic N) is 4. The van der Waals surface area contributed by atoms with Crippen LogP contribution in [-0.4, -0.2) is 42.5 Å². The van der Waals surface area contributed by atoms with Gasteiger partial charge in [-0.15, -0.1) is 0 Å². The minimum atomic E-state index is -4.02. The molecule has 1 saturated heterocycles. The fraction of sp³-hybridized carbons (Fsp3) is 0.500. The van der Waals surface area contributed by atoms with Gasteiger partial charge in [-0.1, -0.05) is 5.11 Å². The van der Waals surface area contributed by atoms with Gasteiger partial charge in [-0.25, -0.2) is 4.57 Å². The number of anilines is 1. The summed E-state index contributed by atoms with van der Waals surface area (Å²) in [7, 11) is -2.18. The molecule has 1 aliphatic rings. The summed E-state index contributed by atoms with van der Waals surface area (Å²) in [5.74, 6) is 0. The number of azide groups is 1. The van der Waals surface area contributed by atoms with E-state index >= 15 is 0 Å². The maximum absolute atomic E-state index is 11.9. The molecule has 4 atom stereocenters. The summed E-state index contributed by atoms with van der Waals surface area (Å²) in [6, 6.07) is 2.61. The molecule has 2 N–H and O–H groups in total. The summed E-state index contributed by atoms with van der Waals surface area (Å²) in [4.78, 5) is 16.3. The van der Waals surface area contributed by atoms with Gasteiger partial charge in [-0.2, -0.15) is 0 Å². The van der Waals surface area contributed by atoms with Crippen LogP contribution in [-0.2, 0) is 13.8 Å². The first-order valence-electron chi connectivity index (χ1n) is 6.35. The van der Waals surface area contributed by atoms with Gasteiger partial charge in [-0.3, -0.25) is 14.6 Å². The van der Waals surface area contributed by atoms with E-state index in [1.807, 2.05) is 7.85 Å². The molecule has 2 heterocycles. The van der Waals surface area contributed by atoms with Crippen molar-refractivity contribution in [2.45, 2.75) is 24.6 Å². The van der Waals surface area contributed by atoms with Gasteiger partial charge in [0.25, 0.3) is 0 Å². The lowest BCUT2D eigenvalue weighted by molar-refractivity contribution is 0.0427. The molecule has 0 radical (unpaired) electrons. The molecule has 0 spiro atoms. The Hall–Kier alpha value is -1.57. The average Bonchev–Trinajstić information content (AvgIpc) is 2.78. The van der Waals surface area contributed by atoms with Crippen LogP contribution in [0.2, 0.25) is 0 Å². The van der Waals surface area contributed by atoms with E-state index in [4.69, 9.17) is 14.8 Å². The second kappa shape index (κ2) is 6.93. The van der Waals surface area contributed by atoms with Crippen LogP contribution in [0.4, 0.5) is 5.69 Å². The van der Waals surface area contributed by atoms with Crippen LogP contribution >= 0.6 is 7.75 Å². The number of rotatable bonds is 6. The second-order valence-electron chi connectivity index (χ2n) is 4.66. The van der Waals surface area contributed by atoms with Crippen molar-refractivity contribution in [3.05, 3.63) is 35.0 Å². The summed E-state index contributed by atoms with van der Waals surface area (Å²) in [5, 5.41) is 6.01. The minimum absolute atomic E-state index is 0.0830. The lowest BCUT2D eigenvalue weighted by Gasteiger charge is -2.19. The number of nitrogens with one attached hydrogen (secondary N) is 1. The maximum atomic E-state index is 11.9. The van der Waals surface area contributed by atoms with E-state index < -0.39 is 19.9 Å². The predicted octanol–water partition coefficient (Wildman–Crippen LogP) is 1.04. The lowest BCUT2D eigenvalue weighted by Crippen LogP contribution is -2.25. The van der Waals surface area contributed by atoms with E-state index in [2.05, 4.69) is 20.1 Å². The largest absolute Gasteiger partial charge is 0.430 e. The van der Waals surface area contributed by atoms with E-state index in [0.717, 1.165) is 0 Å². The number of hydrogen-bond donors (Lipinski definition) is 2. The molecule has 0 aromatic carbocycles. The Morgan fingerprint density at radius 1 is 1.67 bits per heavy atom. The van der Waals surface area contributed by atoms with Crippen molar-refractivity contribution in [3.8, 4) is 0 Å². The molecule has 1 aliphatic heterocycles. The summed E-state index contributed by atoms with van der Waals surface area (Å²) in [6.45, 7) is -0.139.